The Kier molecular flexibility index (Phi) is 3.99. The number of aromatic nitrogens is 4. The summed E-state index contributed by atoms with van der Waals surface area (Å²) in [6.07, 6.45) is 0.738. The second-order valence-corrected chi connectivity index (χ2v) is 4.68. The third-order valence-electron chi connectivity index (χ3n) is 2.73. The van der Waals surface area contributed by atoms with Crippen molar-refractivity contribution in [3.05, 3.63) is 28.3 Å². The summed E-state index contributed by atoms with van der Waals surface area (Å²) in [5, 5.41) is 4.36. The summed E-state index contributed by atoms with van der Waals surface area (Å²) in [6, 6.07) is 0. The third-order valence-corrected chi connectivity index (χ3v) is 3.10. The molecule has 2 aromatic rings. The van der Waals surface area contributed by atoms with Crippen LogP contribution in [0.4, 0.5) is 5.82 Å². The second kappa shape index (κ2) is 5.52. The first-order chi connectivity index (χ1) is 9.01. The molecule has 0 fully saturated rings. The van der Waals surface area contributed by atoms with Crippen LogP contribution < -0.4 is 4.90 Å². The van der Waals surface area contributed by atoms with Crippen molar-refractivity contribution < 1.29 is 4.52 Å². The van der Waals surface area contributed by atoms with Crippen LogP contribution in [0.5, 0.6) is 0 Å². The van der Waals surface area contributed by atoms with E-state index in [1.165, 1.54) is 0 Å². The summed E-state index contributed by atoms with van der Waals surface area (Å²) >= 11 is 6.12. The van der Waals surface area contributed by atoms with Crippen LogP contribution in [0.15, 0.2) is 4.52 Å². The maximum Gasteiger partial charge on any atom is 0.223 e. The number of hydrogen-bond acceptors (Lipinski definition) is 6. The first-order valence-electron chi connectivity index (χ1n) is 6.04. The van der Waals surface area contributed by atoms with Gasteiger partial charge >= 0.3 is 0 Å². The Bertz CT molecular complexity index is 583. The zero-order chi connectivity index (χ0) is 14.0. The molecule has 7 heteroatoms. The Morgan fingerprint density at radius 1 is 1.16 bits per heavy atom. The highest BCUT2D eigenvalue weighted by Gasteiger charge is 2.14. The number of anilines is 1. The fourth-order valence-electron chi connectivity index (χ4n) is 1.74. The molecule has 0 amide bonds. The molecule has 0 unspecified atom stereocenters. The Hall–Kier alpha value is -1.69. The van der Waals surface area contributed by atoms with E-state index in [-0.39, 0.29) is 0 Å². The molecule has 0 saturated heterocycles. The number of halogens is 1. The molecule has 0 spiro atoms. The zero-order valence-electron chi connectivity index (χ0n) is 11.4. The monoisotopic (exact) mass is 281 g/mol. The Morgan fingerprint density at radius 2 is 1.89 bits per heavy atom. The van der Waals surface area contributed by atoms with E-state index in [0.717, 1.165) is 23.6 Å². The minimum absolute atomic E-state index is 0.484. The average molecular weight is 282 g/mol. The van der Waals surface area contributed by atoms with Crippen LogP contribution in [0, 0.1) is 13.8 Å². The Balaban J connectivity index is 2.27. The maximum atomic E-state index is 6.12. The van der Waals surface area contributed by atoms with Gasteiger partial charge in [0.25, 0.3) is 0 Å². The molecule has 2 heterocycles. The highest BCUT2D eigenvalue weighted by atomic mass is 35.5. The van der Waals surface area contributed by atoms with Gasteiger partial charge in [-0.25, -0.2) is 9.97 Å². The lowest BCUT2D eigenvalue weighted by molar-refractivity contribution is 0.387. The van der Waals surface area contributed by atoms with Crippen LogP contribution in [-0.2, 0) is 13.0 Å². The Morgan fingerprint density at radius 3 is 2.47 bits per heavy atom. The van der Waals surface area contributed by atoms with Crippen LogP contribution in [0.25, 0.3) is 0 Å². The van der Waals surface area contributed by atoms with Gasteiger partial charge in [-0.3, -0.25) is 0 Å². The van der Waals surface area contributed by atoms with Gasteiger partial charge in [-0.2, -0.15) is 4.98 Å². The summed E-state index contributed by atoms with van der Waals surface area (Å²) in [6.45, 7) is 6.16. The SMILES string of the molecule is CCc1nc(Cl)c(C)c(N(C)Cc2noc(C)n2)n1. The quantitative estimate of drug-likeness (QED) is 0.801. The highest BCUT2D eigenvalue weighted by molar-refractivity contribution is 6.30. The van der Waals surface area contributed by atoms with E-state index >= 15 is 0 Å². The van der Waals surface area contributed by atoms with Gasteiger partial charge in [0.05, 0.1) is 6.54 Å². The molecule has 102 valence electrons. The lowest BCUT2D eigenvalue weighted by Crippen LogP contribution is -2.21. The van der Waals surface area contributed by atoms with Gasteiger partial charge in [-0.05, 0) is 6.92 Å². The van der Waals surface area contributed by atoms with Gasteiger partial charge in [-0.15, -0.1) is 0 Å². The molecule has 0 bridgehead atoms. The Labute approximate surface area is 116 Å². The number of aryl methyl sites for hydroxylation is 2. The van der Waals surface area contributed by atoms with Crippen molar-refractivity contribution in [2.24, 2.45) is 0 Å². The minimum Gasteiger partial charge on any atom is -0.352 e. The van der Waals surface area contributed by atoms with Crippen LogP contribution in [0.2, 0.25) is 5.15 Å². The number of hydrogen-bond donors (Lipinski definition) is 0. The maximum absolute atomic E-state index is 6.12. The summed E-state index contributed by atoms with van der Waals surface area (Å²) in [5.74, 6) is 2.68. The fraction of sp³-hybridized carbons (Fsp3) is 0.500. The second-order valence-electron chi connectivity index (χ2n) is 4.32. The van der Waals surface area contributed by atoms with Crippen molar-refractivity contribution in [2.45, 2.75) is 33.7 Å². The van der Waals surface area contributed by atoms with Crippen molar-refractivity contribution >= 4 is 17.4 Å². The van der Waals surface area contributed by atoms with Crippen molar-refractivity contribution in [2.75, 3.05) is 11.9 Å². The van der Waals surface area contributed by atoms with E-state index < -0.39 is 0 Å². The van der Waals surface area contributed by atoms with Gasteiger partial charge in [0.1, 0.15) is 16.8 Å². The van der Waals surface area contributed by atoms with Crippen LogP contribution in [0.1, 0.15) is 30.0 Å². The van der Waals surface area contributed by atoms with E-state index in [2.05, 4.69) is 20.1 Å². The summed E-state index contributed by atoms with van der Waals surface area (Å²) in [4.78, 5) is 14.8. The van der Waals surface area contributed by atoms with Crippen molar-refractivity contribution in [1.29, 1.82) is 0 Å². The minimum atomic E-state index is 0.484. The van der Waals surface area contributed by atoms with E-state index in [4.69, 9.17) is 16.1 Å². The van der Waals surface area contributed by atoms with E-state index in [9.17, 15) is 0 Å². The van der Waals surface area contributed by atoms with Crippen LogP contribution in [-0.4, -0.2) is 27.2 Å². The van der Waals surface area contributed by atoms with Crippen LogP contribution in [0.3, 0.4) is 0 Å². The number of rotatable bonds is 4. The van der Waals surface area contributed by atoms with E-state index in [1.54, 1.807) is 6.92 Å². The first kappa shape index (κ1) is 13.7. The largest absolute Gasteiger partial charge is 0.352 e. The van der Waals surface area contributed by atoms with Crippen molar-refractivity contribution in [3.63, 3.8) is 0 Å². The molecular weight excluding hydrogens is 266 g/mol. The summed E-state index contributed by atoms with van der Waals surface area (Å²) in [5.41, 5.74) is 0.849. The molecule has 0 atom stereocenters. The lowest BCUT2D eigenvalue weighted by Gasteiger charge is -2.19. The smallest absolute Gasteiger partial charge is 0.223 e. The van der Waals surface area contributed by atoms with E-state index in [0.29, 0.717) is 23.4 Å². The molecule has 19 heavy (non-hydrogen) atoms. The number of nitrogens with zero attached hydrogens (tertiary/aromatic N) is 5. The predicted octanol–water partition coefficient (Wildman–Crippen LogP) is 2.33. The molecule has 6 nitrogen and oxygen atoms in total. The zero-order valence-corrected chi connectivity index (χ0v) is 12.2. The first-order valence-corrected chi connectivity index (χ1v) is 6.42. The van der Waals surface area contributed by atoms with Gasteiger partial charge < -0.3 is 9.42 Å². The molecule has 0 aliphatic rings. The molecule has 0 aliphatic heterocycles. The molecule has 0 N–H and O–H groups in total. The van der Waals surface area contributed by atoms with Crippen molar-refractivity contribution in [1.82, 2.24) is 20.1 Å². The van der Waals surface area contributed by atoms with Gasteiger partial charge in [-0.1, -0.05) is 23.7 Å². The molecule has 2 aromatic heterocycles. The van der Waals surface area contributed by atoms with Crippen LogP contribution >= 0.6 is 11.6 Å². The summed E-state index contributed by atoms with van der Waals surface area (Å²) in [7, 11) is 1.91. The predicted molar refractivity (Wildman–Crippen MR) is 72.3 cm³/mol. The molecule has 0 saturated carbocycles. The van der Waals surface area contributed by atoms with E-state index in [1.807, 2.05) is 25.8 Å². The normalized spacial score (nSPS) is 10.8. The summed E-state index contributed by atoms with van der Waals surface area (Å²) < 4.78 is 4.95. The highest BCUT2D eigenvalue weighted by Crippen LogP contribution is 2.23. The lowest BCUT2D eigenvalue weighted by atomic mass is 10.3. The molecule has 2 rings (SSSR count). The fourth-order valence-corrected chi connectivity index (χ4v) is 1.92. The molecule has 0 aliphatic carbocycles. The standard InChI is InChI=1S/C12H16ClN5O/c1-5-9-15-11(13)7(2)12(16-9)18(4)6-10-14-8(3)19-17-10/h5-6H2,1-4H3. The van der Waals surface area contributed by atoms with Gasteiger partial charge in [0, 0.05) is 26.0 Å². The molecule has 0 aromatic carbocycles. The van der Waals surface area contributed by atoms with Gasteiger partial charge in [0.15, 0.2) is 5.82 Å². The van der Waals surface area contributed by atoms with Gasteiger partial charge in [0.2, 0.25) is 5.89 Å². The van der Waals surface area contributed by atoms with Crippen molar-refractivity contribution in [3.8, 4) is 0 Å². The molecular formula is C12H16ClN5O. The average Bonchev–Trinajstić information content (AvgIpc) is 2.77. The molecule has 0 radical (unpaired) electrons. The third kappa shape index (κ3) is 3.01. The topological polar surface area (TPSA) is 67.9 Å².